The molecule has 1 N–H and O–H groups in total. The van der Waals surface area contributed by atoms with Crippen LogP contribution in [0.1, 0.15) is 43.1 Å². The van der Waals surface area contributed by atoms with Crippen molar-refractivity contribution in [2.24, 2.45) is 17.8 Å². The van der Waals surface area contributed by atoms with Crippen LogP contribution in [0.25, 0.3) is 4.85 Å². The molecule has 0 aromatic heterocycles. The molecule has 1 unspecified atom stereocenters. The molecule has 1 aliphatic rings. The third kappa shape index (κ3) is 5.71. The second kappa shape index (κ2) is 10.9. The Morgan fingerprint density at radius 3 is 2.48 bits per heavy atom. The number of allylic oxidation sites excluding steroid dienone is 2. The largest absolute Gasteiger partial charge is 0.388 e. The third-order valence-electron chi connectivity index (χ3n) is 5.81. The molecule has 0 saturated carbocycles. The van der Waals surface area contributed by atoms with Gasteiger partial charge < -0.3 is 9.84 Å². The summed E-state index contributed by atoms with van der Waals surface area (Å²) < 4.78 is 6.26. The zero-order valence-corrected chi connectivity index (χ0v) is 19.5. The molecular weight excluding hydrogens is 454 g/mol. The number of hydrogen-bond donors (Lipinski definition) is 1. The van der Waals surface area contributed by atoms with Gasteiger partial charge in [0.15, 0.2) is 11.5 Å². The topological polar surface area (TPSA) is 50.9 Å². The normalized spacial score (nSPS) is 19.7. The van der Waals surface area contributed by atoms with Gasteiger partial charge in [0.2, 0.25) is 0 Å². The maximum atomic E-state index is 12.8. The van der Waals surface area contributed by atoms with Gasteiger partial charge in [-0.25, -0.2) is 4.85 Å². The molecule has 0 heterocycles. The highest BCUT2D eigenvalue weighted by molar-refractivity contribution is 9.12. The highest BCUT2D eigenvalue weighted by Crippen LogP contribution is 2.41. The summed E-state index contributed by atoms with van der Waals surface area (Å²) in [5.41, 5.74) is 3.56. The van der Waals surface area contributed by atoms with Crippen molar-refractivity contribution in [1.29, 1.82) is 0 Å². The molecule has 1 aliphatic carbocycles. The first-order valence-electron chi connectivity index (χ1n) is 10.6. The van der Waals surface area contributed by atoms with Gasteiger partial charge >= 0.3 is 0 Å². The number of carbonyl (C=O) groups excluding carboxylic acids is 1. The van der Waals surface area contributed by atoms with Gasteiger partial charge in [0, 0.05) is 11.8 Å². The lowest BCUT2D eigenvalue weighted by Crippen LogP contribution is -2.23. The Hall–Kier alpha value is -2.26. The Morgan fingerprint density at radius 2 is 1.81 bits per heavy atom. The average molecular weight is 482 g/mol. The minimum Gasteiger partial charge on any atom is -0.388 e. The van der Waals surface area contributed by atoms with Crippen molar-refractivity contribution >= 4 is 21.7 Å². The molecule has 5 heteroatoms. The summed E-state index contributed by atoms with van der Waals surface area (Å²) in [5, 5.41) is 10.4. The van der Waals surface area contributed by atoms with E-state index in [-0.39, 0.29) is 23.5 Å². The molecule has 0 saturated heterocycles. The van der Waals surface area contributed by atoms with Gasteiger partial charge in [0.1, 0.15) is 0 Å². The van der Waals surface area contributed by atoms with E-state index in [9.17, 15) is 9.90 Å². The summed E-state index contributed by atoms with van der Waals surface area (Å²) in [7, 11) is 0. The fourth-order valence-corrected chi connectivity index (χ4v) is 4.68. The molecule has 2 aromatic carbocycles. The van der Waals surface area contributed by atoms with E-state index in [4.69, 9.17) is 11.3 Å². The van der Waals surface area contributed by atoms with Crippen molar-refractivity contribution in [2.75, 3.05) is 6.61 Å². The van der Waals surface area contributed by atoms with Crippen LogP contribution in [0, 0.1) is 24.3 Å². The molecule has 0 amide bonds. The second-order valence-electron chi connectivity index (χ2n) is 8.36. The van der Waals surface area contributed by atoms with E-state index < -0.39 is 6.10 Å². The smallest absolute Gasteiger partial charge is 0.186 e. The number of nitrogens with zero attached hydrogens (tertiary/aromatic N) is 1. The van der Waals surface area contributed by atoms with Crippen molar-refractivity contribution in [3.05, 3.63) is 92.9 Å². The molecule has 31 heavy (non-hydrogen) atoms. The Kier molecular flexibility index (Phi) is 8.20. The SMILES string of the molecule is [C-]#[N+]C1=C(Br)C(=O)[C@H](COCc2ccccc2)[C@H]1CCc1cccc(C(O)C(C)C)c1. The summed E-state index contributed by atoms with van der Waals surface area (Å²) in [4.78, 5) is 16.5. The number of ether oxygens (including phenoxy) is 1. The molecule has 3 rings (SSSR count). The van der Waals surface area contributed by atoms with E-state index in [1.807, 2.05) is 68.4 Å². The first kappa shape index (κ1) is 23.4. The molecule has 0 spiro atoms. The van der Waals surface area contributed by atoms with Crippen molar-refractivity contribution in [2.45, 2.75) is 39.4 Å². The van der Waals surface area contributed by atoms with E-state index in [0.717, 1.165) is 23.1 Å². The predicted molar refractivity (Wildman–Crippen MR) is 125 cm³/mol. The fourth-order valence-electron chi connectivity index (χ4n) is 4.00. The van der Waals surface area contributed by atoms with E-state index in [2.05, 4.69) is 20.8 Å². The van der Waals surface area contributed by atoms with Gasteiger partial charge in [-0.3, -0.25) is 4.79 Å². The molecule has 0 bridgehead atoms. The quantitative estimate of drug-likeness (QED) is 0.455. The lowest BCUT2D eigenvalue weighted by Gasteiger charge is -2.20. The minimum absolute atomic E-state index is 0.0481. The van der Waals surface area contributed by atoms with Crippen LogP contribution in [0.2, 0.25) is 0 Å². The van der Waals surface area contributed by atoms with Crippen molar-refractivity contribution in [1.82, 2.24) is 0 Å². The van der Waals surface area contributed by atoms with Crippen LogP contribution < -0.4 is 0 Å². The Labute approximate surface area is 192 Å². The number of ketones is 1. The average Bonchev–Trinajstić information content (AvgIpc) is 3.01. The Bertz CT molecular complexity index is 978. The Morgan fingerprint density at radius 1 is 1.10 bits per heavy atom. The van der Waals surface area contributed by atoms with Gasteiger partial charge in [-0.1, -0.05) is 90.8 Å². The number of aliphatic hydroxyl groups is 1. The lowest BCUT2D eigenvalue weighted by molar-refractivity contribution is -0.120. The summed E-state index contributed by atoms with van der Waals surface area (Å²) >= 11 is 3.35. The second-order valence-corrected chi connectivity index (χ2v) is 9.15. The molecule has 0 radical (unpaired) electrons. The molecule has 3 atom stereocenters. The molecule has 0 fully saturated rings. The summed E-state index contributed by atoms with van der Waals surface area (Å²) in [5.74, 6) is -0.435. The van der Waals surface area contributed by atoms with Gasteiger partial charge in [-0.2, -0.15) is 0 Å². The number of carbonyl (C=O) groups is 1. The van der Waals surface area contributed by atoms with E-state index >= 15 is 0 Å². The highest BCUT2D eigenvalue weighted by Gasteiger charge is 2.41. The van der Waals surface area contributed by atoms with Gasteiger partial charge in [-0.15, -0.1) is 0 Å². The number of aryl methyl sites for hydroxylation is 1. The van der Waals surface area contributed by atoms with Crippen molar-refractivity contribution in [3.63, 3.8) is 0 Å². The van der Waals surface area contributed by atoms with Crippen LogP contribution in [0.4, 0.5) is 0 Å². The maximum Gasteiger partial charge on any atom is 0.186 e. The first-order chi connectivity index (χ1) is 14.9. The fraction of sp³-hybridized carbons (Fsp3) is 0.385. The first-order valence-corrected chi connectivity index (χ1v) is 11.4. The standard InChI is InChI=1S/C26H28BrNO3/c1-17(2)25(29)20-11-7-10-18(14-20)12-13-21-22(26(30)23(27)24(21)28-3)16-31-15-19-8-5-4-6-9-19/h4-11,14,17,21-22,25,29H,12-13,15-16H2,1-2H3/t21-,22-,25?/m1/s1. The van der Waals surface area contributed by atoms with Crippen LogP contribution in [0.3, 0.4) is 0 Å². The molecule has 2 aromatic rings. The van der Waals surface area contributed by atoms with Crippen molar-refractivity contribution < 1.29 is 14.6 Å². The number of hydrogen-bond acceptors (Lipinski definition) is 3. The van der Waals surface area contributed by atoms with Crippen LogP contribution in [-0.4, -0.2) is 17.5 Å². The summed E-state index contributed by atoms with van der Waals surface area (Å²) in [6.07, 6.45) is 0.907. The number of halogens is 1. The highest BCUT2D eigenvalue weighted by atomic mass is 79.9. The van der Waals surface area contributed by atoms with E-state index in [1.165, 1.54) is 0 Å². The van der Waals surface area contributed by atoms with E-state index in [1.54, 1.807) is 0 Å². The van der Waals surface area contributed by atoms with Gasteiger partial charge in [-0.05, 0) is 29.0 Å². The molecule has 162 valence electrons. The molecule has 4 nitrogen and oxygen atoms in total. The summed E-state index contributed by atoms with van der Waals surface area (Å²) in [6.45, 7) is 12.3. The lowest BCUT2D eigenvalue weighted by atomic mass is 9.87. The van der Waals surface area contributed by atoms with Gasteiger partial charge in [0.25, 0.3) is 0 Å². The van der Waals surface area contributed by atoms with E-state index in [0.29, 0.717) is 29.8 Å². The molecule has 0 aliphatic heterocycles. The maximum absolute atomic E-state index is 12.8. The predicted octanol–water partition coefficient (Wildman–Crippen LogP) is 5.87. The third-order valence-corrected chi connectivity index (χ3v) is 6.61. The number of Topliss-reactive ketones (excluding diaryl/α,β-unsaturated/α-hetero) is 1. The van der Waals surface area contributed by atoms with Crippen LogP contribution in [-0.2, 0) is 22.6 Å². The zero-order valence-electron chi connectivity index (χ0n) is 17.9. The minimum atomic E-state index is -0.500. The van der Waals surface area contributed by atoms with Crippen LogP contribution in [0.5, 0.6) is 0 Å². The summed E-state index contributed by atoms with van der Waals surface area (Å²) in [6, 6.07) is 17.8. The van der Waals surface area contributed by atoms with Crippen molar-refractivity contribution in [3.8, 4) is 0 Å². The Balaban J connectivity index is 1.68. The number of benzene rings is 2. The zero-order chi connectivity index (χ0) is 22.4. The number of aliphatic hydroxyl groups excluding tert-OH is 1. The number of rotatable bonds is 9. The molecular formula is C26H28BrNO3. The monoisotopic (exact) mass is 481 g/mol. The van der Waals surface area contributed by atoms with Gasteiger partial charge in [0.05, 0.1) is 30.4 Å². The van der Waals surface area contributed by atoms with Crippen LogP contribution in [0.15, 0.2) is 64.8 Å². The van der Waals surface area contributed by atoms with Crippen LogP contribution >= 0.6 is 15.9 Å².